The zero-order valence-electron chi connectivity index (χ0n) is 11.4. The highest BCUT2D eigenvalue weighted by atomic mass is 16.2. The van der Waals surface area contributed by atoms with Crippen LogP contribution in [-0.4, -0.2) is 46.3 Å². The van der Waals surface area contributed by atoms with Crippen LogP contribution in [0.25, 0.3) is 0 Å². The second kappa shape index (κ2) is 5.86. The summed E-state index contributed by atoms with van der Waals surface area (Å²) in [4.78, 5) is 32.2. The third-order valence-electron chi connectivity index (χ3n) is 3.37. The van der Waals surface area contributed by atoms with E-state index in [0.29, 0.717) is 6.54 Å². The molecule has 0 spiro atoms. The standard InChI is InChI=1S/C13H20N4O2/c1-9-6-15-13(16-9)11-4-3-5-17(8-11)12(19)7-14-10(2)18/h6,11H,3-5,7-8H2,1-2H3,(H,14,18)(H,15,16)/t11-/m0/s1. The molecule has 1 aromatic rings. The van der Waals surface area contributed by atoms with E-state index < -0.39 is 0 Å². The van der Waals surface area contributed by atoms with Gasteiger partial charge in [-0.3, -0.25) is 9.59 Å². The molecule has 0 aliphatic carbocycles. The number of piperidine rings is 1. The number of imidazole rings is 1. The van der Waals surface area contributed by atoms with Crippen molar-refractivity contribution in [3.63, 3.8) is 0 Å². The molecule has 19 heavy (non-hydrogen) atoms. The van der Waals surface area contributed by atoms with Gasteiger partial charge in [-0.2, -0.15) is 0 Å². The third-order valence-corrected chi connectivity index (χ3v) is 3.37. The molecule has 0 saturated carbocycles. The second-order valence-corrected chi connectivity index (χ2v) is 5.04. The van der Waals surface area contributed by atoms with E-state index in [2.05, 4.69) is 15.3 Å². The fourth-order valence-corrected chi connectivity index (χ4v) is 2.38. The number of aryl methyl sites for hydroxylation is 1. The zero-order valence-corrected chi connectivity index (χ0v) is 11.4. The number of hydrogen-bond acceptors (Lipinski definition) is 3. The first-order chi connectivity index (χ1) is 9.06. The van der Waals surface area contributed by atoms with Crippen LogP contribution in [0.5, 0.6) is 0 Å². The van der Waals surface area contributed by atoms with Gasteiger partial charge in [0.25, 0.3) is 0 Å². The summed E-state index contributed by atoms with van der Waals surface area (Å²) in [6, 6.07) is 0. The summed E-state index contributed by atoms with van der Waals surface area (Å²) < 4.78 is 0. The lowest BCUT2D eigenvalue weighted by Gasteiger charge is -2.32. The monoisotopic (exact) mass is 264 g/mol. The van der Waals surface area contributed by atoms with Gasteiger partial charge in [0.05, 0.1) is 6.54 Å². The van der Waals surface area contributed by atoms with Crippen molar-refractivity contribution in [3.05, 3.63) is 17.7 Å². The number of likely N-dealkylation sites (tertiary alicyclic amines) is 1. The highest BCUT2D eigenvalue weighted by Crippen LogP contribution is 2.24. The number of aromatic nitrogens is 2. The van der Waals surface area contributed by atoms with Gasteiger partial charge >= 0.3 is 0 Å². The smallest absolute Gasteiger partial charge is 0.241 e. The molecule has 2 N–H and O–H groups in total. The Balaban J connectivity index is 1.93. The van der Waals surface area contributed by atoms with E-state index in [4.69, 9.17) is 0 Å². The molecule has 2 rings (SSSR count). The van der Waals surface area contributed by atoms with Crippen LogP contribution >= 0.6 is 0 Å². The van der Waals surface area contributed by atoms with Crippen LogP contribution in [0.4, 0.5) is 0 Å². The summed E-state index contributed by atoms with van der Waals surface area (Å²) in [5.41, 5.74) is 1.04. The van der Waals surface area contributed by atoms with Crippen molar-refractivity contribution < 1.29 is 9.59 Å². The maximum Gasteiger partial charge on any atom is 0.241 e. The molecule has 0 aromatic carbocycles. The van der Waals surface area contributed by atoms with Crippen LogP contribution in [0.2, 0.25) is 0 Å². The Labute approximate surface area is 112 Å². The second-order valence-electron chi connectivity index (χ2n) is 5.04. The van der Waals surface area contributed by atoms with Crippen molar-refractivity contribution in [1.82, 2.24) is 20.2 Å². The number of carbonyl (C=O) groups is 2. The summed E-state index contributed by atoms with van der Waals surface area (Å²) in [6.07, 6.45) is 3.82. The summed E-state index contributed by atoms with van der Waals surface area (Å²) in [7, 11) is 0. The van der Waals surface area contributed by atoms with Crippen LogP contribution < -0.4 is 5.32 Å². The van der Waals surface area contributed by atoms with Gasteiger partial charge in [-0.25, -0.2) is 4.98 Å². The Morgan fingerprint density at radius 2 is 2.37 bits per heavy atom. The Kier molecular flexibility index (Phi) is 4.19. The van der Waals surface area contributed by atoms with E-state index in [0.717, 1.165) is 30.9 Å². The molecule has 1 atom stereocenters. The number of rotatable bonds is 3. The molecule has 1 saturated heterocycles. The Morgan fingerprint density at radius 3 is 3.00 bits per heavy atom. The summed E-state index contributed by atoms with van der Waals surface area (Å²) in [5.74, 6) is 1.02. The van der Waals surface area contributed by atoms with Gasteiger partial charge in [-0.05, 0) is 19.8 Å². The number of carbonyl (C=O) groups excluding carboxylic acids is 2. The van der Waals surface area contributed by atoms with E-state index >= 15 is 0 Å². The summed E-state index contributed by atoms with van der Waals surface area (Å²) in [6.45, 7) is 4.90. The molecule has 2 heterocycles. The number of H-pyrrole nitrogens is 1. The lowest BCUT2D eigenvalue weighted by atomic mass is 9.97. The molecular weight excluding hydrogens is 244 g/mol. The summed E-state index contributed by atoms with van der Waals surface area (Å²) in [5, 5.41) is 2.55. The first-order valence-electron chi connectivity index (χ1n) is 6.60. The van der Waals surface area contributed by atoms with E-state index in [1.165, 1.54) is 6.92 Å². The highest BCUT2D eigenvalue weighted by molar-refractivity contribution is 5.83. The van der Waals surface area contributed by atoms with Crippen LogP contribution in [0.1, 0.15) is 37.2 Å². The highest BCUT2D eigenvalue weighted by Gasteiger charge is 2.26. The minimum atomic E-state index is -0.177. The quantitative estimate of drug-likeness (QED) is 0.837. The first kappa shape index (κ1) is 13.6. The minimum Gasteiger partial charge on any atom is -0.347 e. The number of hydrogen-bond donors (Lipinski definition) is 2. The predicted octanol–water partition coefficient (Wildman–Crippen LogP) is 0.560. The molecule has 0 unspecified atom stereocenters. The number of aromatic amines is 1. The van der Waals surface area contributed by atoms with Crippen molar-refractivity contribution in [1.29, 1.82) is 0 Å². The van der Waals surface area contributed by atoms with Crippen LogP contribution in [0.3, 0.4) is 0 Å². The lowest BCUT2D eigenvalue weighted by molar-refractivity contribution is -0.133. The van der Waals surface area contributed by atoms with Crippen molar-refractivity contribution in [2.75, 3.05) is 19.6 Å². The molecule has 6 heteroatoms. The molecule has 0 radical (unpaired) electrons. The SMILES string of the molecule is CC(=O)NCC(=O)N1CCC[C@H](c2ncc(C)[nH]2)C1. The largest absolute Gasteiger partial charge is 0.347 e. The number of nitrogens with zero attached hydrogens (tertiary/aromatic N) is 2. The molecule has 104 valence electrons. The first-order valence-corrected chi connectivity index (χ1v) is 6.60. The van der Waals surface area contributed by atoms with Crippen molar-refractivity contribution in [2.45, 2.75) is 32.6 Å². The van der Waals surface area contributed by atoms with E-state index in [9.17, 15) is 9.59 Å². The molecule has 1 aliphatic heterocycles. The average Bonchev–Trinajstić information content (AvgIpc) is 2.83. The predicted molar refractivity (Wildman–Crippen MR) is 70.6 cm³/mol. The Morgan fingerprint density at radius 1 is 1.58 bits per heavy atom. The molecule has 2 amide bonds. The van der Waals surface area contributed by atoms with E-state index in [-0.39, 0.29) is 24.3 Å². The Bertz CT molecular complexity index is 469. The van der Waals surface area contributed by atoms with Crippen molar-refractivity contribution in [3.8, 4) is 0 Å². The zero-order chi connectivity index (χ0) is 13.8. The van der Waals surface area contributed by atoms with E-state index in [1.54, 1.807) is 0 Å². The summed E-state index contributed by atoms with van der Waals surface area (Å²) >= 11 is 0. The molecule has 1 aromatic heterocycles. The molecule has 1 aliphatic rings. The van der Waals surface area contributed by atoms with Crippen LogP contribution in [-0.2, 0) is 9.59 Å². The van der Waals surface area contributed by atoms with Gasteiger partial charge in [-0.15, -0.1) is 0 Å². The average molecular weight is 264 g/mol. The van der Waals surface area contributed by atoms with Gasteiger partial charge in [0.1, 0.15) is 5.82 Å². The fraction of sp³-hybridized carbons (Fsp3) is 0.615. The lowest BCUT2D eigenvalue weighted by Crippen LogP contribution is -2.44. The molecule has 0 bridgehead atoms. The van der Waals surface area contributed by atoms with Gasteiger partial charge in [0.15, 0.2) is 0 Å². The number of amides is 2. The maximum absolute atomic E-state index is 12.0. The van der Waals surface area contributed by atoms with Crippen LogP contribution in [0.15, 0.2) is 6.20 Å². The molecule has 1 fully saturated rings. The number of nitrogens with one attached hydrogen (secondary N) is 2. The van der Waals surface area contributed by atoms with Gasteiger partial charge in [0.2, 0.25) is 11.8 Å². The maximum atomic E-state index is 12.0. The molecular formula is C13H20N4O2. The van der Waals surface area contributed by atoms with E-state index in [1.807, 2.05) is 18.0 Å². The third kappa shape index (κ3) is 3.56. The normalized spacial score (nSPS) is 19.3. The van der Waals surface area contributed by atoms with Gasteiger partial charge in [-0.1, -0.05) is 0 Å². The Hall–Kier alpha value is -1.85. The van der Waals surface area contributed by atoms with Crippen molar-refractivity contribution >= 4 is 11.8 Å². The van der Waals surface area contributed by atoms with Gasteiger partial charge in [0, 0.05) is 37.8 Å². The molecule has 6 nitrogen and oxygen atoms in total. The van der Waals surface area contributed by atoms with Crippen molar-refractivity contribution in [2.24, 2.45) is 0 Å². The topological polar surface area (TPSA) is 78.1 Å². The van der Waals surface area contributed by atoms with Crippen LogP contribution in [0, 0.1) is 6.92 Å². The fourth-order valence-electron chi connectivity index (χ4n) is 2.38. The minimum absolute atomic E-state index is 0.0248. The van der Waals surface area contributed by atoms with Gasteiger partial charge < -0.3 is 15.2 Å².